The molecule has 28 heavy (non-hydrogen) atoms. The molecule has 1 unspecified atom stereocenters. The molecule has 2 aromatic carbocycles. The minimum atomic E-state index is -0.639. The number of aromatic nitrogens is 2. The number of phenolic OH excluding ortho intramolecular Hbond substituents is 1. The quantitative estimate of drug-likeness (QED) is 0.693. The molecule has 6 nitrogen and oxygen atoms in total. The van der Waals surface area contributed by atoms with Crippen molar-refractivity contribution in [1.82, 2.24) is 9.97 Å². The van der Waals surface area contributed by atoms with E-state index in [0.717, 1.165) is 24.9 Å². The van der Waals surface area contributed by atoms with Crippen molar-refractivity contribution >= 4 is 22.8 Å². The number of halogens is 1. The summed E-state index contributed by atoms with van der Waals surface area (Å²) in [5.74, 6) is -0.500. The number of phenols is 1. The Labute approximate surface area is 161 Å². The predicted molar refractivity (Wildman–Crippen MR) is 104 cm³/mol. The zero-order chi connectivity index (χ0) is 19.8. The molecule has 1 aromatic heterocycles. The Morgan fingerprint density at radius 2 is 1.93 bits per heavy atom. The molecule has 1 N–H and O–H groups in total. The molecule has 3 aromatic rings. The highest BCUT2D eigenvalue weighted by molar-refractivity contribution is 5.97. The largest absolute Gasteiger partial charge is 0.507 e. The van der Waals surface area contributed by atoms with Crippen molar-refractivity contribution in [1.29, 1.82) is 0 Å². The van der Waals surface area contributed by atoms with Crippen molar-refractivity contribution in [3.8, 4) is 17.0 Å². The van der Waals surface area contributed by atoms with Gasteiger partial charge in [-0.25, -0.2) is 19.2 Å². The third kappa shape index (κ3) is 3.13. The van der Waals surface area contributed by atoms with Crippen LogP contribution in [-0.2, 0) is 4.74 Å². The molecule has 7 heteroatoms. The molecule has 1 atom stereocenters. The van der Waals surface area contributed by atoms with Crippen LogP contribution in [-0.4, -0.2) is 40.7 Å². The summed E-state index contributed by atoms with van der Waals surface area (Å²) < 4.78 is 18.1. The summed E-state index contributed by atoms with van der Waals surface area (Å²) in [4.78, 5) is 23.6. The van der Waals surface area contributed by atoms with E-state index in [-0.39, 0.29) is 17.1 Å². The van der Waals surface area contributed by atoms with E-state index in [4.69, 9.17) is 14.7 Å². The van der Waals surface area contributed by atoms with E-state index in [2.05, 4.69) is 11.8 Å². The maximum absolute atomic E-state index is 13.4. The van der Waals surface area contributed by atoms with Crippen molar-refractivity contribution in [2.24, 2.45) is 0 Å². The number of rotatable bonds is 3. The van der Waals surface area contributed by atoms with Gasteiger partial charge in [0.05, 0.1) is 18.1 Å². The van der Waals surface area contributed by atoms with E-state index in [9.17, 15) is 14.3 Å². The third-order valence-corrected chi connectivity index (χ3v) is 5.11. The van der Waals surface area contributed by atoms with Gasteiger partial charge in [0.25, 0.3) is 0 Å². The molecule has 1 fully saturated rings. The maximum atomic E-state index is 13.4. The van der Waals surface area contributed by atoms with Gasteiger partial charge in [0.2, 0.25) is 0 Å². The van der Waals surface area contributed by atoms with Crippen molar-refractivity contribution in [3.63, 3.8) is 0 Å². The number of nitrogens with zero attached hydrogens (tertiary/aromatic N) is 3. The second-order valence-corrected chi connectivity index (χ2v) is 6.94. The molecular formula is C21H20FN3O3. The number of fused-ring (bicyclic) bond motifs is 1. The van der Waals surface area contributed by atoms with Crippen molar-refractivity contribution in [2.45, 2.75) is 25.8 Å². The summed E-state index contributed by atoms with van der Waals surface area (Å²) in [7, 11) is 1.26. The summed E-state index contributed by atoms with van der Waals surface area (Å²) in [6.45, 7) is 2.97. The molecular weight excluding hydrogens is 361 g/mol. The molecule has 0 saturated carbocycles. The molecule has 0 bridgehead atoms. The van der Waals surface area contributed by atoms with Gasteiger partial charge in [0.1, 0.15) is 22.8 Å². The third-order valence-electron chi connectivity index (χ3n) is 5.11. The Morgan fingerprint density at radius 3 is 2.57 bits per heavy atom. The first-order valence-corrected chi connectivity index (χ1v) is 9.13. The van der Waals surface area contributed by atoms with E-state index in [0.29, 0.717) is 28.6 Å². The van der Waals surface area contributed by atoms with Crippen LogP contribution in [0.15, 0.2) is 36.4 Å². The van der Waals surface area contributed by atoms with E-state index < -0.39 is 5.97 Å². The minimum Gasteiger partial charge on any atom is -0.507 e. The van der Waals surface area contributed by atoms with Crippen LogP contribution in [0.1, 0.15) is 30.1 Å². The molecule has 144 valence electrons. The summed E-state index contributed by atoms with van der Waals surface area (Å²) in [6.07, 6.45) is 2.10. The number of ether oxygens (including phenoxy) is 1. The van der Waals surface area contributed by atoms with Crippen LogP contribution in [0.3, 0.4) is 0 Å². The highest BCUT2D eigenvalue weighted by atomic mass is 19.1. The van der Waals surface area contributed by atoms with Crippen LogP contribution >= 0.6 is 0 Å². The van der Waals surface area contributed by atoms with Gasteiger partial charge in [-0.1, -0.05) is 0 Å². The Kier molecular flexibility index (Phi) is 4.58. The number of carbonyl (C=O) groups excluding carboxylic acids is 1. The average Bonchev–Trinajstić information content (AvgIpc) is 3.12. The minimum absolute atomic E-state index is 0.0410. The predicted octanol–water partition coefficient (Wildman–Crippen LogP) is 3.92. The number of benzene rings is 2. The smallest absolute Gasteiger partial charge is 0.341 e. The van der Waals surface area contributed by atoms with Crippen molar-refractivity contribution in [3.05, 3.63) is 47.8 Å². The lowest BCUT2D eigenvalue weighted by molar-refractivity contribution is 0.0597. The van der Waals surface area contributed by atoms with E-state index in [1.165, 1.54) is 31.4 Å². The lowest BCUT2D eigenvalue weighted by atomic mass is 10.1. The first-order chi connectivity index (χ1) is 13.5. The average molecular weight is 381 g/mol. The van der Waals surface area contributed by atoms with E-state index in [1.54, 1.807) is 12.1 Å². The summed E-state index contributed by atoms with van der Waals surface area (Å²) >= 11 is 0. The molecule has 0 amide bonds. The summed E-state index contributed by atoms with van der Waals surface area (Å²) in [5, 5.41) is 10.2. The van der Waals surface area contributed by atoms with Gasteiger partial charge in [-0.3, -0.25) is 0 Å². The standard InChI is InChI=1S/C21H20FN3O3/c1-12-4-3-9-25(12)20-19(13-5-7-14(22)8-6-13)23-17-11-18(26)15(21(27)28-2)10-16(17)24-20/h5-8,10-12,26H,3-4,9H2,1-2H3. The number of hydrogen-bond acceptors (Lipinski definition) is 6. The normalized spacial score (nSPS) is 16.5. The Bertz CT molecular complexity index is 1050. The van der Waals surface area contributed by atoms with Gasteiger partial charge in [0.15, 0.2) is 5.82 Å². The van der Waals surface area contributed by atoms with Gasteiger partial charge >= 0.3 is 5.97 Å². The monoisotopic (exact) mass is 381 g/mol. The number of aromatic hydroxyl groups is 1. The SMILES string of the molecule is COC(=O)c1cc2nc(N3CCCC3C)c(-c3ccc(F)cc3)nc2cc1O. The first-order valence-electron chi connectivity index (χ1n) is 9.13. The fourth-order valence-corrected chi connectivity index (χ4v) is 3.61. The molecule has 4 rings (SSSR count). The Hall–Kier alpha value is -3.22. The number of hydrogen-bond donors (Lipinski definition) is 1. The second kappa shape index (κ2) is 7.07. The van der Waals surface area contributed by atoms with Crippen LogP contribution in [0, 0.1) is 5.82 Å². The zero-order valence-electron chi connectivity index (χ0n) is 15.6. The maximum Gasteiger partial charge on any atom is 0.341 e. The topological polar surface area (TPSA) is 75.5 Å². The van der Waals surface area contributed by atoms with Crippen molar-refractivity contribution in [2.75, 3.05) is 18.6 Å². The first kappa shape index (κ1) is 18.2. The van der Waals surface area contributed by atoms with Crippen LogP contribution in [0.5, 0.6) is 5.75 Å². The molecule has 1 aliphatic rings. The number of methoxy groups -OCH3 is 1. The molecule has 0 aliphatic carbocycles. The summed E-state index contributed by atoms with van der Waals surface area (Å²) in [6, 6.07) is 9.28. The highest BCUT2D eigenvalue weighted by Gasteiger charge is 2.26. The van der Waals surface area contributed by atoms with E-state index in [1.807, 2.05) is 0 Å². The van der Waals surface area contributed by atoms with Gasteiger partial charge in [-0.2, -0.15) is 0 Å². The lowest BCUT2D eigenvalue weighted by Crippen LogP contribution is -2.28. The molecule has 1 aliphatic heterocycles. The summed E-state index contributed by atoms with van der Waals surface area (Å²) in [5.41, 5.74) is 2.32. The van der Waals surface area contributed by atoms with Gasteiger partial charge in [-0.15, -0.1) is 0 Å². The zero-order valence-corrected chi connectivity index (χ0v) is 15.6. The molecule has 0 spiro atoms. The lowest BCUT2D eigenvalue weighted by Gasteiger charge is -2.25. The van der Waals surface area contributed by atoms with Crippen molar-refractivity contribution < 1.29 is 19.0 Å². The highest BCUT2D eigenvalue weighted by Crippen LogP contribution is 2.35. The fraction of sp³-hybridized carbons (Fsp3) is 0.286. The van der Waals surface area contributed by atoms with Crippen LogP contribution < -0.4 is 4.90 Å². The number of esters is 1. The Morgan fingerprint density at radius 1 is 1.21 bits per heavy atom. The van der Waals surface area contributed by atoms with Gasteiger partial charge < -0.3 is 14.7 Å². The molecule has 2 heterocycles. The van der Waals surface area contributed by atoms with E-state index >= 15 is 0 Å². The second-order valence-electron chi connectivity index (χ2n) is 6.94. The molecule has 0 radical (unpaired) electrons. The van der Waals surface area contributed by atoms with Crippen LogP contribution in [0.25, 0.3) is 22.3 Å². The number of carbonyl (C=O) groups is 1. The van der Waals surface area contributed by atoms with Crippen LogP contribution in [0.2, 0.25) is 0 Å². The van der Waals surface area contributed by atoms with Gasteiger partial charge in [0, 0.05) is 24.2 Å². The Balaban J connectivity index is 1.95. The van der Waals surface area contributed by atoms with Crippen LogP contribution in [0.4, 0.5) is 10.2 Å². The molecule has 1 saturated heterocycles. The fourth-order valence-electron chi connectivity index (χ4n) is 3.61. The number of anilines is 1. The van der Waals surface area contributed by atoms with Gasteiger partial charge in [-0.05, 0) is 50.1 Å².